The van der Waals surface area contributed by atoms with Crippen LogP contribution in [0.15, 0.2) is 16.6 Å². The Morgan fingerprint density at radius 1 is 1.15 bits per heavy atom. The molecule has 0 aromatic carbocycles. The maximum atomic E-state index is 13.5. The summed E-state index contributed by atoms with van der Waals surface area (Å²) >= 11 is 0. The van der Waals surface area contributed by atoms with E-state index in [0.717, 1.165) is 38.6 Å². The Kier molecular flexibility index (Phi) is 9.00. The maximum Gasteiger partial charge on any atom is 0.417 e. The Morgan fingerprint density at radius 2 is 1.88 bits per heavy atom. The summed E-state index contributed by atoms with van der Waals surface area (Å²) in [4.78, 5) is 35.7. The molecule has 1 heterocycles. The minimum absolute atomic E-state index is 0.0924. The molecule has 6 heteroatoms. The Morgan fingerprint density at radius 3 is 2.48 bits per heavy atom. The van der Waals surface area contributed by atoms with Gasteiger partial charge in [-0.3, -0.25) is 4.79 Å². The summed E-state index contributed by atoms with van der Waals surface area (Å²) in [6.07, 6.45) is 14.0. The molecule has 3 rings (SSSR count). The fourth-order valence-corrected chi connectivity index (χ4v) is 5.11. The van der Waals surface area contributed by atoms with Crippen LogP contribution in [-0.2, 0) is 9.53 Å². The van der Waals surface area contributed by atoms with Gasteiger partial charge in [-0.05, 0) is 78.1 Å². The van der Waals surface area contributed by atoms with E-state index in [1.54, 1.807) is 4.90 Å². The van der Waals surface area contributed by atoms with Gasteiger partial charge < -0.3 is 9.64 Å². The second-order valence-corrected chi connectivity index (χ2v) is 11.5. The van der Waals surface area contributed by atoms with Crippen molar-refractivity contribution in [3.8, 4) is 0 Å². The van der Waals surface area contributed by atoms with Gasteiger partial charge in [-0.15, -0.1) is 0 Å². The summed E-state index contributed by atoms with van der Waals surface area (Å²) in [7, 11) is 0. The van der Waals surface area contributed by atoms with Crippen molar-refractivity contribution in [2.75, 3.05) is 13.1 Å². The summed E-state index contributed by atoms with van der Waals surface area (Å²) in [5.41, 5.74) is 0.840. The van der Waals surface area contributed by atoms with Gasteiger partial charge in [-0.25, -0.2) is 14.7 Å². The second-order valence-electron chi connectivity index (χ2n) is 11.5. The Bertz CT molecular complexity index is 744. The SMILES string of the molecule is CC(C)C[C@H]1C(=O)CN(CCC2=CCCCC2)C(=NC2CCCCC2)N1C(=O)OC(C)(C)C. The van der Waals surface area contributed by atoms with Crippen LogP contribution in [0.3, 0.4) is 0 Å². The first-order valence-electron chi connectivity index (χ1n) is 13.2. The largest absolute Gasteiger partial charge is 0.443 e. The molecule has 1 saturated heterocycles. The summed E-state index contributed by atoms with van der Waals surface area (Å²) in [5, 5.41) is 0. The zero-order valence-corrected chi connectivity index (χ0v) is 21.6. The van der Waals surface area contributed by atoms with E-state index >= 15 is 0 Å². The van der Waals surface area contributed by atoms with E-state index in [4.69, 9.17) is 9.73 Å². The predicted octanol–water partition coefficient (Wildman–Crippen LogP) is 6.10. The summed E-state index contributed by atoms with van der Waals surface area (Å²) in [6.45, 7) is 10.9. The lowest BCUT2D eigenvalue weighted by Crippen LogP contribution is -2.63. The van der Waals surface area contributed by atoms with Crippen LogP contribution in [0.1, 0.15) is 105 Å². The number of Topliss-reactive ketones (excluding diaryl/α,β-unsaturated/α-hetero) is 1. The number of carbonyl (C=O) groups excluding carboxylic acids is 2. The molecule has 2 aliphatic carbocycles. The summed E-state index contributed by atoms with van der Waals surface area (Å²) in [5.74, 6) is 1.05. The van der Waals surface area contributed by atoms with Crippen molar-refractivity contribution in [1.29, 1.82) is 0 Å². The zero-order valence-electron chi connectivity index (χ0n) is 21.6. The van der Waals surface area contributed by atoms with Gasteiger partial charge in [0.1, 0.15) is 11.6 Å². The third kappa shape index (κ3) is 7.58. The maximum absolute atomic E-state index is 13.5. The Labute approximate surface area is 200 Å². The standard InChI is InChI=1S/C27H45N3O3/c1-20(2)18-23-24(31)19-29(17-16-21-12-8-6-9-13-21)25(28-22-14-10-7-11-15-22)30(23)26(32)33-27(3,4)5/h12,20,22-23H,6-11,13-19H2,1-5H3/t23-/m0/s1. The first-order valence-corrected chi connectivity index (χ1v) is 13.2. The van der Waals surface area contributed by atoms with Crippen molar-refractivity contribution in [2.24, 2.45) is 10.9 Å². The third-order valence-electron chi connectivity index (χ3n) is 6.77. The van der Waals surface area contributed by atoms with Gasteiger partial charge >= 0.3 is 6.09 Å². The molecule has 0 bridgehead atoms. The lowest BCUT2D eigenvalue weighted by atomic mass is 9.94. The minimum Gasteiger partial charge on any atom is -0.443 e. The number of rotatable bonds is 6. The van der Waals surface area contributed by atoms with Crippen LogP contribution in [0.5, 0.6) is 0 Å². The molecule has 0 aromatic rings. The molecule has 1 atom stereocenters. The van der Waals surface area contributed by atoms with Crippen LogP contribution in [0.4, 0.5) is 4.79 Å². The zero-order chi connectivity index (χ0) is 24.0. The van der Waals surface area contributed by atoms with Gasteiger partial charge in [0, 0.05) is 6.54 Å². The molecule has 3 aliphatic rings. The van der Waals surface area contributed by atoms with Crippen LogP contribution >= 0.6 is 0 Å². The van der Waals surface area contributed by atoms with Crippen LogP contribution < -0.4 is 0 Å². The van der Waals surface area contributed by atoms with Crippen molar-refractivity contribution in [3.63, 3.8) is 0 Å². The first-order chi connectivity index (χ1) is 15.6. The van der Waals surface area contributed by atoms with Crippen LogP contribution in [0.25, 0.3) is 0 Å². The summed E-state index contributed by atoms with van der Waals surface area (Å²) < 4.78 is 5.82. The highest BCUT2D eigenvalue weighted by Gasteiger charge is 2.43. The lowest BCUT2D eigenvalue weighted by molar-refractivity contribution is -0.126. The second kappa shape index (κ2) is 11.5. The number of aliphatic imine (C=N–C) groups is 1. The van der Waals surface area contributed by atoms with E-state index in [0.29, 0.717) is 24.8 Å². The number of allylic oxidation sites excluding steroid dienone is 1. The molecule has 1 aliphatic heterocycles. The van der Waals surface area contributed by atoms with Crippen LogP contribution in [0, 0.1) is 5.92 Å². The highest BCUT2D eigenvalue weighted by Crippen LogP contribution is 2.28. The number of hydrogen-bond donors (Lipinski definition) is 0. The van der Waals surface area contributed by atoms with Crippen LogP contribution in [0.2, 0.25) is 0 Å². The number of hydrogen-bond acceptors (Lipinski definition) is 4. The summed E-state index contributed by atoms with van der Waals surface area (Å²) in [6, 6.07) is -0.296. The minimum atomic E-state index is -0.631. The highest BCUT2D eigenvalue weighted by molar-refractivity contribution is 6.05. The molecule has 186 valence electrons. The molecule has 6 nitrogen and oxygen atoms in total. The topological polar surface area (TPSA) is 62.2 Å². The number of carbonyl (C=O) groups is 2. The molecule has 0 spiro atoms. The van der Waals surface area contributed by atoms with E-state index in [1.807, 2.05) is 20.8 Å². The Balaban J connectivity index is 1.93. The van der Waals surface area contributed by atoms with Crippen molar-refractivity contribution in [2.45, 2.75) is 123 Å². The van der Waals surface area contributed by atoms with Gasteiger partial charge in [0.15, 0.2) is 5.78 Å². The van der Waals surface area contributed by atoms with E-state index in [-0.39, 0.29) is 11.8 Å². The number of amides is 1. The molecule has 1 saturated carbocycles. The monoisotopic (exact) mass is 459 g/mol. The van der Waals surface area contributed by atoms with Gasteiger partial charge in [-0.2, -0.15) is 0 Å². The van der Waals surface area contributed by atoms with Gasteiger partial charge in [-0.1, -0.05) is 44.8 Å². The van der Waals surface area contributed by atoms with E-state index in [2.05, 4.69) is 24.8 Å². The van der Waals surface area contributed by atoms with Crippen molar-refractivity contribution >= 4 is 17.8 Å². The predicted molar refractivity (Wildman–Crippen MR) is 133 cm³/mol. The number of nitrogens with zero attached hydrogens (tertiary/aromatic N) is 3. The highest BCUT2D eigenvalue weighted by atomic mass is 16.6. The number of ether oxygens (including phenoxy) is 1. The average Bonchev–Trinajstić information content (AvgIpc) is 2.74. The Hall–Kier alpha value is -1.85. The third-order valence-corrected chi connectivity index (χ3v) is 6.77. The molecule has 1 amide bonds. The van der Waals surface area contributed by atoms with Gasteiger partial charge in [0.2, 0.25) is 5.96 Å². The smallest absolute Gasteiger partial charge is 0.417 e. The van der Waals surface area contributed by atoms with E-state index in [9.17, 15) is 9.59 Å². The average molecular weight is 460 g/mol. The molecular weight excluding hydrogens is 414 g/mol. The van der Waals surface area contributed by atoms with Gasteiger partial charge in [0.05, 0.1) is 12.6 Å². The normalized spacial score (nSPS) is 24.4. The van der Waals surface area contributed by atoms with E-state index < -0.39 is 17.7 Å². The fraction of sp³-hybridized carbons (Fsp3) is 0.815. The number of guanidine groups is 1. The van der Waals surface area contributed by atoms with Crippen LogP contribution in [-0.4, -0.2) is 58.4 Å². The molecule has 0 unspecified atom stereocenters. The fourth-order valence-electron chi connectivity index (χ4n) is 5.11. The molecular formula is C27H45N3O3. The molecule has 0 aromatic heterocycles. The molecule has 0 N–H and O–H groups in total. The lowest BCUT2D eigenvalue weighted by Gasteiger charge is -2.43. The van der Waals surface area contributed by atoms with Crippen molar-refractivity contribution < 1.29 is 14.3 Å². The number of ketones is 1. The van der Waals surface area contributed by atoms with Gasteiger partial charge in [0.25, 0.3) is 0 Å². The quantitative estimate of drug-likeness (QED) is 0.450. The van der Waals surface area contributed by atoms with Crippen molar-refractivity contribution in [1.82, 2.24) is 9.80 Å². The molecule has 2 fully saturated rings. The molecule has 0 radical (unpaired) electrons. The van der Waals surface area contributed by atoms with Crippen molar-refractivity contribution in [3.05, 3.63) is 11.6 Å². The van der Waals surface area contributed by atoms with E-state index in [1.165, 1.54) is 37.7 Å². The first kappa shape index (κ1) is 25.8. The molecule has 33 heavy (non-hydrogen) atoms.